The Morgan fingerprint density at radius 2 is 2.16 bits per heavy atom. The Balaban J connectivity index is 1.84. The van der Waals surface area contributed by atoms with E-state index in [4.69, 9.17) is 4.52 Å². The zero-order valence-corrected chi connectivity index (χ0v) is 10.2. The third-order valence-electron chi connectivity index (χ3n) is 2.23. The van der Waals surface area contributed by atoms with Crippen molar-refractivity contribution in [2.24, 2.45) is 0 Å². The SMILES string of the molecule is Cc1cc(NC(=O)C(=O)NCc2ccccn2)no1. The molecule has 2 aromatic heterocycles. The molecule has 7 nitrogen and oxygen atoms in total. The van der Waals surface area contributed by atoms with Crippen LogP contribution in [0.5, 0.6) is 0 Å². The number of carbonyl (C=O) groups excluding carboxylic acids is 2. The number of hydrogen-bond donors (Lipinski definition) is 2. The molecular weight excluding hydrogens is 248 g/mol. The molecule has 0 aliphatic carbocycles. The minimum absolute atomic E-state index is 0.185. The minimum Gasteiger partial charge on any atom is -0.360 e. The van der Waals surface area contributed by atoms with E-state index in [1.807, 2.05) is 0 Å². The fourth-order valence-electron chi connectivity index (χ4n) is 1.35. The summed E-state index contributed by atoms with van der Waals surface area (Å²) < 4.78 is 4.77. The van der Waals surface area contributed by atoms with Crippen LogP contribution in [0.3, 0.4) is 0 Å². The number of amides is 2. The third-order valence-corrected chi connectivity index (χ3v) is 2.23. The van der Waals surface area contributed by atoms with E-state index >= 15 is 0 Å². The molecule has 19 heavy (non-hydrogen) atoms. The van der Waals surface area contributed by atoms with Gasteiger partial charge in [-0.25, -0.2) is 0 Å². The zero-order chi connectivity index (χ0) is 13.7. The van der Waals surface area contributed by atoms with Gasteiger partial charge in [0.05, 0.1) is 12.2 Å². The maximum Gasteiger partial charge on any atom is 0.314 e. The van der Waals surface area contributed by atoms with Crippen LogP contribution in [0.25, 0.3) is 0 Å². The average molecular weight is 260 g/mol. The Hall–Kier alpha value is -2.70. The molecule has 2 N–H and O–H groups in total. The summed E-state index contributed by atoms with van der Waals surface area (Å²) in [6.45, 7) is 1.87. The first-order valence-electron chi connectivity index (χ1n) is 5.57. The largest absolute Gasteiger partial charge is 0.360 e. The number of carbonyl (C=O) groups is 2. The highest BCUT2D eigenvalue weighted by Gasteiger charge is 2.15. The normalized spacial score (nSPS) is 9.95. The van der Waals surface area contributed by atoms with Crippen LogP contribution in [-0.4, -0.2) is 22.0 Å². The molecular formula is C12H12N4O3. The molecule has 0 radical (unpaired) electrons. The van der Waals surface area contributed by atoms with Gasteiger partial charge in [0.15, 0.2) is 5.82 Å². The molecule has 0 aliphatic heterocycles. The van der Waals surface area contributed by atoms with Gasteiger partial charge in [0.2, 0.25) is 0 Å². The predicted molar refractivity (Wildman–Crippen MR) is 66.0 cm³/mol. The molecule has 2 rings (SSSR count). The lowest BCUT2D eigenvalue weighted by atomic mass is 10.3. The van der Waals surface area contributed by atoms with Crippen LogP contribution in [-0.2, 0) is 16.1 Å². The van der Waals surface area contributed by atoms with Crippen LogP contribution in [0.2, 0.25) is 0 Å². The summed E-state index contributed by atoms with van der Waals surface area (Å²) >= 11 is 0. The van der Waals surface area contributed by atoms with Gasteiger partial charge >= 0.3 is 11.8 Å². The van der Waals surface area contributed by atoms with Gasteiger partial charge in [-0.3, -0.25) is 19.9 Å². The summed E-state index contributed by atoms with van der Waals surface area (Å²) in [5.41, 5.74) is 0.668. The van der Waals surface area contributed by atoms with Crippen LogP contribution in [0, 0.1) is 6.92 Å². The van der Waals surface area contributed by atoms with Crippen molar-refractivity contribution in [2.45, 2.75) is 13.5 Å². The molecule has 2 heterocycles. The minimum atomic E-state index is -0.802. The Bertz CT molecular complexity index is 580. The van der Waals surface area contributed by atoms with Gasteiger partial charge in [-0.2, -0.15) is 0 Å². The number of hydrogen-bond acceptors (Lipinski definition) is 5. The lowest BCUT2D eigenvalue weighted by Gasteiger charge is -2.03. The fraction of sp³-hybridized carbons (Fsp3) is 0.167. The second-order valence-corrected chi connectivity index (χ2v) is 3.78. The van der Waals surface area contributed by atoms with E-state index < -0.39 is 11.8 Å². The molecule has 7 heteroatoms. The first-order chi connectivity index (χ1) is 9.15. The van der Waals surface area contributed by atoms with Gasteiger partial charge in [0.1, 0.15) is 5.76 Å². The Labute approximate surface area is 109 Å². The number of anilines is 1. The number of nitrogens with one attached hydrogen (secondary N) is 2. The molecule has 0 spiro atoms. The van der Waals surface area contributed by atoms with E-state index in [1.54, 1.807) is 31.3 Å². The summed E-state index contributed by atoms with van der Waals surface area (Å²) in [5, 5.41) is 8.33. The number of aromatic nitrogens is 2. The van der Waals surface area contributed by atoms with Crippen molar-refractivity contribution in [3.05, 3.63) is 41.9 Å². The molecule has 0 bridgehead atoms. The van der Waals surface area contributed by atoms with E-state index in [2.05, 4.69) is 20.8 Å². The highest BCUT2D eigenvalue weighted by Crippen LogP contribution is 2.06. The van der Waals surface area contributed by atoms with Crippen molar-refractivity contribution in [3.63, 3.8) is 0 Å². The van der Waals surface area contributed by atoms with Crippen LogP contribution < -0.4 is 10.6 Å². The maximum absolute atomic E-state index is 11.5. The lowest BCUT2D eigenvalue weighted by Crippen LogP contribution is -2.35. The van der Waals surface area contributed by atoms with Crippen LogP contribution in [0.4, 0.5) is 5.82 Å². The molecule has 0 aromatic carbocycles. The number of nitrogens with zero attached hydrogens (tertiary/aromatic N) is 2. The van der Waals surface area contributed by atoms with Crippen molar-refractivity contribution in [1.82, 2.24) is 15.5 Å². The first-order valence-corrected chi connectivity index (χ1v) is 5.57. The average Bonchev–Trinajstić information content (AvgIpc) is 2.82. The summed E-state index contributed by atoms with van der Waals surface area (Å²) in [5.74, 6) is -0.810. The second-order valence-electron chi connectivity index (χ2n) is 3.78. The van der Waals surface area contributed by atoms with E-state index in [-0.39, 0.29) is 12.4 Å². The van der Waals surface area contributed by atoms with Crippen molar-refractivity contribution in [3.8, 4) is 0 Å². The highest BCUT2D eigenvalue weighted by molar-refractivity contribution is 6.39. The topological polar surface area (TPSA) is 97.1 Å². The van der Waals surface area contributed by atoms with Gasteiger partial charge < -0.3 is 9.84 Å². The Morgan fingerprint density at radius 3 is 2.79 bits per heavy atom. The van der Waals surface area contributed by atoms with Crippen molar-refractivity contribution in [2.75, 3.05) is 5.32 Å². The predicted octanol–water partition coefficient (Wildman–Crippen LogP) is 0.633. The first kappa shape index (κ1) is 12.7. The summed E-state index contributed by atoms with van der Waals surface area (Å²) in [6.07, 6.45) is 1.61. The van der Waals surface area contributed by atoms with E-state index in [0.717, 1.165) is 0 Å². The third kappa shape index (κ3) is 3.63. The highest BCUT2D eigenvalue weighted by atomic mass is 16.5. The molecule has 2 aromatic rings. The van der Waals surface area contributed by atoms with Crippen LogP contribution in [0.1, 0.15) is 11.5 Å². The van der Waals surface area contributed by atoms with Gasteiger partial charge in [0.25, 0.3) is 0 Å². The zero-order valence-electron chi connectivity index (χ0n) is 10.2. The van der Waals surface area contributed by atoms with Gasteiger partial charge in [-0.05, 0) is 19.1 Å². The van der Waals surface area contributed by atoms with Gasteiger partial charge in [-0.15, -0.1) is 0 Å². The van der Waals surface area contributed by atoms with Gasteiger partial charge in [0, 0.05) is 12.3 Å². The molecule has 0 unspecified atom stereocenters. The number of pyridine rings is 1. The Kier molecular flexibility index (Phi) is 3.87. The number of aryl methyl sites for hydroxylation is 1. The standard InChI is InChI=1S/C12H12N4O3/c1-8-6-10(16-19-8)15-12(18)11(17)14-7-9-4-2-3-5-13-9/h2-6H,7H2,1H3,(H,14,17)(H,15,16,18). The molecule has 0 aliphatic rings. The van der Waals surface area contributed by atoms with Crippen LogP contribution >= 0.6 is 0 Å². The van der Waals surface area contributed by atoms with E-state index in [0.29, 0.717) is 11.5 Å². The lowest BCUT2D eigenvalue weighted by molar-refractivity contribution is -0.136. The van der Waals surface area contributed by atoms with Crippen LogP contribution in [0.15, 0.2) is 35.0 Å². The maximum atomic E-state index is 11.5. The molecule has 98 valence electrons. The monoisotopic (exact) mass is 260 g/mol. The van der Waals surface area contributed by atoms with Gasteiger partial charge in [-0.1, -0.05) is 11.2 Å². The van der Waals surface area contributed by atoms with Crippen molar-refractivity contribution in [1.29, 1.82) is 0 Å². The van der Waals surface area contributed by atoms with E-state index in [1.165, 1.54) is 6.07 Å². The summed E-state index contributed by atoms with van der Waals surface area (Å²) in [7, 11) is 0. The van der Waals surface area contributed by atoms with Crippen molar-refractivity contribution >= 4 is 17.6 Å². The molecule has 0 atom stereocenters. The van der Waals surface area contributed by atoms with E-state index in [9.17, 15) is 9.59 Å². The fourth-order valence-corrected chi connectivity index (χ4v) is 1.35. The quantitative estimate of drug-likeness (QED) is 0.789. The Morgan fingerprint density at radius 1 is 1.32 bits per heavy atom. The molecule has 2 amide bonds. The second kappa shape index (κ2) is 5.76. The smallest absolute Gasteiger partial charge is 0.314 e. The molecule has 0 saturated heterocycles. The number of rotatable bonds is 3. The summed E-state index contributed by atoms with van der Waals surface area (Å²) in [6, 6.07) is 6.83. The summed E-state index contributed by atoms with van der Waals surface area (Å²) in [4.78, 5) is 27.1. The van der Waals surface area contributed by atoms with Crippen molar-refractivity contribution < 1.29 is 14.1 Å². The molecule has 0 saturated carbocycles. The molecule has 0 fully saturated rings.